The van der Waals surface area contributed by atoms with Gasteiger partial charge in [-0.2, -0.15) is 0 Å². The number of rotatable bonds is 11. The highest BCUT2D eigenvalue weighted by Gasteiger charge is 2.25. The molecule has 1 aromatic heterocycles. The number of β-amino-alcohol motifs (C(OH)–C–C–N with tert-alkyl or cyclic N) is 1. The summed E-state index contributed by atoms with van der Waals surface area (Å²) in [7, 11) is 0. The quantitative estimate of drug-likeness (QED) is 0.140. The van der Waals surface area contributed by atoms with E-state index in [0.29, 0.717) is 34.7 Å². The number of carbonyl (C=O) groups excluding carboxylic acids is 1. The number of aliphatic imine (C=N–C) groups is 1. The van der Waals surface area contributed by atoms with E-state index >= 15 is 0 Å². The lowest BCUT2D eigenvalue weighted by atomic mass is 10.0. The number of aliphatic hydroxyl groups is 3. The normalized spacial score (nSPS) is 17.4. The van der Waals surface area contributed by atoms with Gasteiger partial charge in [-0.3, -0.25) is 19.9 Å². The molecule has 3 aromatic rings. The number of benzene rings is 2. The van der Waals surface area contributed by atoms with Crippen LogP contribution in [0, 0.1) is 0 Å². The average molecular weight is 557 g/mol. The SMILES string of the molecule is O=C(CCC(O)c1cc(O)cc(NC2=NCC(O)CN2)c1)NC[C@H](NC(O)c1[nH]c2ccccc2c1O)C(=O)O. The van der Waals surface area contributed by atoms with Gasteiger partial charge in [-0.15, -0.1) is 0 Å². The number of aliphatic carboxylic acids is 1. The van der Waals surface area contributed by atoms with Crippen LogP contribution in [0.2, 0.25) is 0 Å². The van der Waals surface area contributed by atoms with Gasteiger partial charge in [0.25, 0.3) is 0 Å². The van der Waals surface area contributed by atoms with Crippen molar-refractivity contribution in [2.45, 2.75) is 37.3 Å². The molecule has 4 rings (SSSR count). The van der Waals surface area contributed by atoms with Crippen molar-refractivity contribution >= 4 is 34.4 Å². The van der Waals surface area contributed by atoms with Gasteiger partial charge in [-0.25, -0.2) is 0 Å². The fourth-order valence-electron chi connectivity index (χ4n) is 4.23. The molecule has 0 spiro atoms. The number of aromatic nitrogens is 1. The Labute approximate surface area is 228 Å². The minimum Gasteiger partial charge on any atom is -0.508 e. The number of anilines is 1. The minimum atomic E-state index is -1.55. The number of amides is 1. The molecule has 0 aliphatic carbocycles. The van der Waals surface area contributed by atoms with Crippen LogP contribution in [0.1, 0.15) is 36.4 Å². The second-order valence-corrected chi connectivity index (χ2v) is 9.41. The third-order valence-corrected chi connectivity index (χ3v) is 6.34. The Hall–Kier alpha value is -4.37. The highest BCUT2D eigenvalue weighted by atomic mass is 16.4. The van der Waals surface area contributed by atoms with Gasteiger partial charge >= 0.3 is 5.97 Å². The molecular weight excluding hydrogens is 524 g/mol. The van der Waals surface area contributed by atoms with Crippen molar-refractivity contribution in [1.29, 1.82) is 0 Å². The fourth-order valence-corrected chi connectivity index (χ4v) is 4.23. The molecule has 0 saturated carbocycles. The molecule has 1 aliphatic rings. The summed E-state index contributed by atoms with van der Waals surface area (Å²) in [5.41, 5.74) is 1.34. The van der Waals surface area contributed by atoms with Crippen LogP contribution in [-0.2, 0) is 9.59 Å². The Bertz CT molecular complexity index is 1390. The first-order valence-corrected chi connectivity index (χ1v) is 12.6. The van der Waals surface area contributed by atoms with Gasteiger partial charge < -0.3 is 51.6 Å². The molecular formula is C26H32N6O8. The van der Waals surface area contributed by atoms with Crippen LogP contribution >= 0.6 is 0 Å². The van der Waals surface area contributed by atoms with E-state index in [1.165, 1.54) is 12.1 Å². The number of guanidine groups is 1. The van der Waals surface area contributed by atoms with Crippen LogP contribution in [0.4, 0.5) is 5.69 Å². The van der Waals surface area contributed by atoms with Gasteiger partial charge in [0.15, 0.2) is 5.96 Å². The van der Waals surface area contributed by atoms with E-state index in [1.54, 1.807) is 30.3 Å². The topological polar surface area (TPSA) is 232 Å². The van der Waals surface area contributed by atoms with E-state index in [-0.39, 0.29) is 43.1 Å². The van der Waals surface area contributed by atoms with Crippen molar-refractivity contribution in [2.75, 3.05) is 25.0 Å². The number of nitrogens with one attached hydrogen (secondary N) is 5. The number of phenolic OH excluding ortho intramolecular Hbond substituents is 1. The van der Waals surface area contributed by atoms with E-state index in [0.717, 1.165) is 0 Å². The van der Waals surface area contributed by atoms with E-state index < -0.39 is 36.4 Å². The van der Waals surface area contributed by atoms with Crippen LogP contribution in [0.15, 0.2) is 47.5 Å². The van der Waals surface area contributed by atoms with Crippen molar-refractivity contribution in [1.82, 2.24) is 20.9 Å². The molecule has 2 heterocycles. The molecule has 1 amide bonds. The molecule has 0 bridgehead atoms. The van der Waals surface area contributed by atoms with Crippen LogP contribution in [0.5, 0.6) is 11.5 Å². The summed E-state index contributed by atoms with van der Waals surface area (Å²) in [6.07, 6.45) is -3.42. The number of carboxylic acid groups (broad SMARTS) is 1. The molecule has 0 saturated heterocycles. The predicted molar refractivity (Wildman–Crippen MR) is 145 cm³/mol. The number of aliphatic hydroxyl groups excluding tert-OH is 3. The lowest BCUT2D eigenvalue weighted by Gasteiger charge is -2.21. The number of H-pyrrole nitrogens is 1. The number of aromatic amines is 1. The number of para-hydroxylation sites is 1. The molecule has 40 heavy (non-hydrogen) atoms. The molecule has 14 nitrogen and oxygen atoms in total. The molecule has 1 aliphatic heterocycles. The van der Waals surface area contributed by atoms with Crippen molar-refractivity contribution < 1.29 is 40.2 Å². The zero-order chi connectivity index (χ0) is 28.8. The third kappa shape index (κ3) is 7.18. The number of fused-ring (bicyclic) bond motifs is 1. The molecule has 0 radical (unpaired) electrons. The van der Waals surface area contributed by atoms with Gasteiger partial charge in [0, 0.05) is 42.2 Å². The van der Waals surface area contributed by atoms with Gasteiger partial charge in [0.1, 0.15) is 29.5 Å². The van der Waals surface area contributed by atoms with E-state index in [9.17, 15) is 40.2 Å². The maximum Gasteiger partial charge on any atom is 0.322 e. The van der Waals surface area contributed by atoms with Gasteiger partial charge in [0.2, 0.25) is 5.91 Å². The summed E-state index contributed by atoms with van der Waals surface area (Å²) in [6.45, 7) is 0.172. The lowest BCUT2D eigenvalue weighted by Crippen LogP contribution is -2.47. The van der Waals surface area contributed by atoms with E-state index in [1.807, 2.05) is 0 Å². The molecule has 14 heteroatoms. The number of carboxylic acids is 1. The van der Waals surface area contributed by atoms with Crippen LogP contribution in [0.3, 0.4) is 0 Å². The average Bonchev–Trinajstić information content (AvgIpc) is 3.27. The number of hydrogen-bond acceptors (Lipinski definition) is 11. The summed E-state index contributed by atoms with van der Waals surface area (Å²) in [5.74, 6) is -1.80. The maximum atomic E-state index is 12.4. The monoisotopic (exact) mass is 556 g/mol. The Kier molecular flexibility index (Phi) is 9.06. The van der Waals surface area contributed by atoms with Crippen molar-refractivity contribution in [3.8, 4) is 11.5 Å². The second-order valence-electron chi connectivity index (χ2n) is 9.41. The second kappa shape index (κ2) is 12.7. The van der Waals surface area contributed by atoms with Crippen LogP contribution in [0.25, 0.3) is 10.9 Å². The molecule has 4 atom stereocenters. The predicted octanol–water partition coefficient (Wildman–Crippen LogP) is -0.0252. The largest absolute Gasteiger partial charge is 0.508 e. The Morgan fingerprint density at radius 3 is 2.60 bits per heavy atom. The molecule has 2 aromatic carbocycles. The summed E-state index contributed by atoms with van der Waals surface area (Å²) in [4.78, 5) is 31.1. The third-order valence-electron chi connectivity index (χ3n) is 6.34. The van der Waals surface area contributed by atoms with Gasteiger partial charge in [0.05, 0.1) is 18.8 Å². The summed E-state index contributed by atoms with van der Waals surface area (Å²) in [5, 5.41) is 71.8. The van der Waals surface area contributed by atoms with Gasteiger partial charge in [-0.05, 0) is 36.2 Å². The Morgan fingerprint density at radius 2 is 1.90 bits per heavy atom. The lowest BCUT2D eigenvalue weighted by molar-refractivity contribution is -0.140. The number of phenols is 1. The molecule has 3 unspecified atom stereocenters. The van der Waals surface area contributed by atoms with Gasteiger partial charge in [-0.1, -0.05) is 12.1 Å². The summed E-state index contributed by atoms with van der Waals surface area (Å²) >= 11 is 0. The summed E-state index contributed by atoms with van der Waals surface area (Å²) in [6, 6.07) is 9.78. The first-order valence-electron chi connectivity index (χ1n) is 12.6. The van der Waals surface area contributed by atoms with Crippen molar-refractivity contribution in [3.63, 3.8) is 0 Å². The summed E-state index contributed by atoms with van der Waals surface area (Å²) < 4.78 is 0. The smallest absolute Gasteiger partial charge is 0.322 e. The number of nitrogens with zero attached hydrogens (tertiary/aromatic N) is 1. The fraction of sp³-hybridized carbons (Fsp3) is 0.346. The number of hydrogen-bond donors (Lipinski definition) is 11. The number of aromatic hydroxyl groups is 2. The first kappa shape index (κ1) is 28.6. The minimum absolute atomic E-state index is 0.00852. The van der Waals surface area contributed by atoms with Crippen LogP contribution in [-0.4, -0.2) is 85.2 Å². The standard InChI is InChI=1S/C26H32N6O8/c33-15-8-13(7-14(9-15)30-26-28-10-16(34)11-29-26)20(35)5-6-21(36)27-12-19(25(39)40)32-24(38)22-23(37)17-3-1-2-4-18(17)31-22/h1-4,7-9,16,19-20,24,31-35,37-38H,5-6,10-12H2,(H,27,36)(H,39,40)(H2,28,29,30)/t19-,20?,24?/m0/s1. The number of carbonyl (C=O) groups is 2. The first-order chi connectivity index (χ1) is 19.1. The van der Waals surface area contributed by atoms with Crippen molar-refractivity contribution in [2.24, 2.45) is 4.99 Å². The Morgan fingerprint density at radius 1 is 1.12 bits per heavy atom. The maximum absolute atomic E-state index is 12.4. The highest BCUT2D eigenvalue weighted by Crippen LogP contribution is 2.32. The molecule has 11 N–H and O–H groups in total. The van der Waals surface area contributed by atoms with Crippen LogP contribution < -0.4 is 21.3 Å². The van der Waals surface area contributed by atoms with E-state index in [2.05, 4.69) is 31.2 Å². The van der Waals surface area contributed by atoms with E-state index in [4.69, 9.17) is 0 Å². The molecule has 214 valence electrons. The zero-order valence-corrected chi connectivity index (χ0v) is 21.3. The highest BCUT2D eigenvalue weighted by molar-refractivity contribution is 5.94. The molecule has 0 fully saturated rings. The van der Waals surface area contributed by atoms with Crippen molar-refractivity contribution in [3.05, 3.63) is 53.7 Å². The zero-order valence-electron chi connectivity index (χ0n) is 21.3. The Balaban J connectivity index is 1.29.